The van der Waals surface area contributed by atoms with Gasteiger partial charge in [0.1, 0.15) is 5.75 Å². The normalized spacial score (nSPS) is 17.9. The summed E-state index contributed by atoms with van der Waals surface area (Å²) in [7, 11) is 0. The van der Waals surface area contributed by atoms with Gasteiger partial charge >= 0.3 is 0 Å². The van der Waals surface area contributed by atoms with E-state index in [1.165, 1.54) is 5.56 Å². The second-order valence-electron chi connectivity index (χ2n) is 5.53. The van der Waals surface area contributed by atoms with Gasteiger partial charge in [-0.3, -0.25) is 0 Å². The maximum Gasteiger partial charge on any atom is 0.246 e. The lowest BCUT2D eigenvalue weighted by Gasteiger charge is -2.20. The van der Waals surface area contributed by atoms with E-state index in [0.29, 0.717) is 11.7 Å². The van der Waals surface area contributed by atoms with E-state index < -0.39 is 0 Å². The first kappa shape index (κ1) is 13.1. The number of hydrogen-bond acceptors (Lipinski definition) is 5. The van der Waals surface area contributed by atoms with Gasteiger partial charge in [0.05, 0.1) is 5.54 Å². The molecule has 1 aliphatic heterocycles. The standard InChI is InChI=1S/C15H19N3O2/c1-4-16-15(2,3)14-17-13(18-20-14)12-9-10-7-5-6-8-11(10)19-12/h5-8,12,16H,4,9H2,1-3H3. The van der Waals surface area contributed by atoms with Crippen molar-refractivity contribution in [3.8, 4) is 5.75 Å². The molecule has 1 aromatic heterocycles. The van der Waals surface area contributed by atoms with Gasteiger partial charge in [-0.2, -0.15) is 4.98 Å². The van der Waals surface area contributed by atoms with Crippen LogP contribution < -0.4 is 10.1 Å². The molecule has 1 aliphatic rings. The average molecular weight is 273 g/mol. The van der Waals surface area contributed by atoms with Gasteiger partial charge in [-0.15, -0.1) is 0 Å². The molecule has 3 rings (SSSR count). The van der Waals surface area contributed by atoms with Crippen molar-refractivity contribution in [2.24, 2.45) is 0 Å². The second kappa shape index (κ2) is 4.90. The van der Waals surface area contributed by atoms with Crippen molar-refractivity contribution in [1.29, 1.82) is 0 Å². The Hall–Kier alpha value is -1.88. The van der Waals surface area contributed by atoms with Crippen LogP contribution >= 0.6 is 0 Å². The van der Waals surface area contributed by atoms with E-state index in [9.17, 15) is 0 Å². The zero-order valence-electron chi connectivity index (χ0n) is 12.0. The van der Waals surface area contributed by atoms with Crippen LogP contribution in [0.4, 0.5) is 0 Å². The van der Waals surface area contributed by atoms with Gasteiger partial charge < -0.3 is 14.6 Å². The van der Waals surface area contributed by atoms with E-state index in [1.807, 2.05) is 32.0 Å². The van der Waals surface area contributed by atoms with Crippen molar-refractivity contribution in [2.75, 3.05) is 6.54 Å². The zero-order valence-corrected chi connectivity index (χ0v) is 12.0. The number of fused-ring (bicyclic) bond motifs is 1. The van der Waals surface area contributed by atoms with E-state index in [-0.39, 0.29) is 11.6 Å². The van der Waals surface area contributed by atoms with Gasteiger partial charge in [-0.1, -0.05) is 30.3 Å². The van der Waals surface area contributed by atoms with E-state index >= 15 is 0 Å². The van der Waals surface area contributed by atoms with Crippen molar-refractivity contribution >= 4 is 0 Å². The highest BCUT2D eigenvalue weighted by molar-refractivity contribution is 5.37. The second-order valence-corrected chi connectivity index (χ2v) is 5.53. The van der Waals surface area contributed by atoms with Crippen LogP contribution in [0.15, 0.2) is 28.8 Å². The molecule has 1 unspecified atom stereocenters. The predicted molar refractivity (Wildman–Crippen MR) is 74.5 cm³/mol. The SMILES string of the molecule is CCNC(C)(C)c1nc(C2Cc3ccccc3O2)no1. The number of aromatic nitrogens is 2. The van der Waals surface area contributed by atoms with Crippen LogP contribution in [0.1, 0.15) is 44.2 Å². The smallest absolute Gasteiger partial charge is 0.246 e. The summed E-state index contributed by atoms with van der Waals surface area (Å²) >= 11 is 0. The Balaban J connectivity index is 1.79. The monoisotopic (exact) mass is 273 g/mol. The molecule has 5 heteroatoms. The minimum Gasteiger partial charge on any atom is -0.482 e. The molecule has 20 heavy (non-hydrogen) atoms. The average Bonchev–Trinajstić information content (AvgIpc) is 3.05. The Morgan fingerprint density at radius 3 is 2.90 bits per heavy atom. The van der Waals surface area contributed by atoms with Crippen LogP contribution in [0.5, 0.6) is 5.75 Å². The third-order valence-electron chi connectivity index (χ3n) is 3.53. The molecule has 0 fully saturated rings. The van der Waals surface area contributed by atoms with E-state index in [2.05, 4.69) is 28.4 Å². The molecule has 0 saturated carbocycles. The van der Waals surface area contributed by atoms with Crippen LogP contribution in [-0.4, -0.2) is 16.7 Å². The van der Waals surface area contributed by atoms with Crippen molar-refractivity contribution < 1.29 is 9.26 Å². The number of para-hydroxylation sites is 1. The highest BCUT2D eigenvalue weighted by Gasteiger charge is 2.32. The largest absolute Gasteiger partial charge is 0.482 e. The molecular weight excluding hydrogens is 254 g/mol. The van der Waals surface area contributed by atoms with Crippen LogP contribution in [0.25, 0.3) is 0 Å². The molecule has 0 bridgehead atoms. The summed E-state index contributed by atoms with van der Waals surface area (Å²) in [5, 5.41) is 7.40. The fourth-order valence-corrected chi connectivity index (χ4v) is 2.46. The van der Waals surface area contributed by atoms with Crippen LogP contribution in [0, 0.1) is 0 Å². The first-order valence-electron chi connectivity index (χ1n) is 6.94. The van der Waals surface area contributed by atoms with Crippen molar-refractivity contribution in [3.05, 3.63) is 41.5 Å². The molecule has 2 aromatic rings. The Kier molecular flexibility index (Phi) is 3.22. The molecule has 0 aliphatic carbocycles. The van der Waals surface area contributed by atoms with Crippen LogP contribution in [0.3, 0.4) is 0 Å². The Morgan fingerprint density at radius 1 is 1.35 bits per heavy atom. The van der Waals surface area contributed by atoms with E-state index in [1.54, 1.807) is 0 Å². The van der Waals surface area contributed by atoms with Gasteiger partial charge in [0.2, 0.25) is 11.7 Å². The fraction of sp³-hybridized carbons (Fsp3) is 0.467. The molecule has 0 radical (unpaired) electrons. The van der Waals surface area contributed by atoms with Crippen molar-refractivity contribution in [2.45, 2.75) is 38.8 Å². The summed E-state index contributed by atoms with van der Waals surface area (Å²) in [6.07, 6.45) is 0.638. The van der Waals surface area contributed by atoms with Gasteiger partial charge in [-0.25, -0.2) is 0 Å². The number of ether oxygens (including phenoxy) is 1. The summed E-state index contributed by atoms with van der Waals surface area (Å²) in [5.41, 5.74) is 0.862. The number of benzene rings is 1. The first-order chi connectivity index (χ1) is 9.60. The Morgan fingerprint density at radius 2 is 2.15 bits per heavy atom. The number of nitrogens with one attached hydrogen (secondary N) is 1. The van der Waals surface area contributed by atoms with Crippen LogP contribution in [0.2, 0.25) is 0 Å². The molecular formula is C15H19N3O2. The number of nitrogens with zero attached hydrogens (tertiary/aromatic N) is 2. The van der Waals surface area contributed by atoms with Gasteiger partial charge in [0.25, 0.3) is 0 Å². The maximum absolute atomic E-state index is 5.87. The van der Waals surface area contributed by atoms with E-state index in [0.717, 1.165) is 18.7 Å². The minimum atomic E-state index is -0.328. The molecule has 1 aromatic carbocycles. The lowest BCUT2D eigenvalue weighted by atomic mass is 10.1. The quantitative estimate of drug-likeness (QED) is 0.927. The highest BCUT2D eigenvalue weighted by atomic mass is 16.5. The molecule has 5 nitrogen and oxygen atoms in total. The molecule has 106 valence electrons. The summed E-state index contributed by atoms with van der Waals surface area (Å²) in [4.78, 5) is 4.50. The maximum atomic E-state index is 5.87. The minimum absolute atomic E-state index is 0.151. The summed E-state index contributed by atoms with van der Waals surface area (Å²) in [6, 6.07) is 8.02. The van der Waals surface area contributed by atoms with Crippen molar-refractivity contribution in [3.63, 3.8) is 0 Å². The predicted octanol–water partition coefficient (Wildman–Crippen LogP) is 2.59. The molecule has 0 spiro atoms. The third kappa shape index (κ3) is 2.29. The lowest BCUT2D eigenvalue weighted by molar-refractivity contribution is 0.219. The molecule has 0 saturated heterocycles. The van der Waals surface area contributed by atoms with E-state index in [4.69, 9.17) is 9.26 Å². The zero-order chi connectivity index (χ0) is 14.2. The number of rotatable bonds is 4. The molecule has 0 amide bonds. The van der Waals surface area contributed by atoms with Crippen molar-refractivity contribution in [1.82, 2.24) is 15.5 Å². The summed E-state index contributed by atoms with van der Waals surface area (Å²) < 4.78 is 11.3. The van der Waals surface area contributed by atoms with Gasteiger partial charge in [0, 0.05) is 6.42 Å². The van der Waals surface area contributed by atoms with Gasteiger partial charge in [0.15, 0.2) is 6.10 Å². The first-order valence-corrected chi connectivity index (χ1v) is 6.94. The Labute approximate surface area is 118 Å². The highest BCUT2D eigenvalue weighted by Crippen LogP contribution is 2.35. The number of hydrogen-bond donors (Lipinski definition) is 1. The molecule has 2 heterocycles. The lowest BCUT2D eigenvalue weighted by Crippen LogP contribution is -2.36. The fourth-order valence-electron chi connectivity index (χ4n) is 2.46. The topological polar surface area (TPSA) is 60.2 Å². The Bertz CT molecular complexity index is 582. The molecule has 1 atom stereocenters. The van der Waals surface area contributed by atoms with Crippen LogP contribution in [-0.2, 0) is 12.0 Å². The van der Waals surface area contributed by atoms with Gasteiger partial charge in [-0.05, 0) is 32.0 Å². The molecule has 1 N–H and O–H groups in total. The third-order valence-corrected chi connectivity index (χ3v) is 3.53. The summed E-state index contributed by atoms with van der Waals surface area (Å²) in [6.45, 7) is 6.95. The summed E-state index contributed by atoms with van der Waals surface area (Å²) in [5.74, 6) is 2.12.